The molecule has 0 fully saturated rings. The molecule has 0 saturated heterocycles. The molecule has 0 bridgehead atoms. The molecule has 136 valence electrons. The quantitative estimate of drug-likeness (QED) is 0.419. The first-order valence-corrected chi connectivity index (χ1v) is 8.84. The molecule has 0 radical (unpaired) electrons. The van der Waals surface area contributed by atoms with Crippen LogP contribution in [0.1, 0.15) is 5.56 Å². The van der Waals surface area contributed by atoms with Gasteiger partial charge in [-0.05, 0) is 12.1 Å². The molecule has 8 nitrogen and oxygen atoms in total. The van der Waals surface area contributed by atoms with Gasteiger partial charge in [0.25, 0.3) is 5.69 Å². The van der Waals surface area contributed by atoms with E-state index in [0.717, 1.165) is 4.70 Å². The van der Waals surface area contributed by atoms with Crippen molar-refractivity contribution < 1.29 is 19.2 Å². The number of anilines is 1. The van der Waals surface area contributed by atoms with Gasteiger partial charge in [0.05, 0.1) is 20.7 Å². The monoisotopic (exact) mass is 383 g/mol. The van der Waals surface area contributed by atoms with Crippen LogP contribution < -0.4 is 14.8 Å². The summed E-state index contributed by atoms with van der Waals surface area (Å²) in [5.41, 5.74) is 0.985. The minimum absolute atomic E-state index is 0.0629. The average molecular weight is 383 g/mol. The van der Waals surface area contributed by atoms with Gasteiger partial charge in [-0.15, -0.1) is 0 Å². The second-order valence-electron chi connectivity index (χ2n) is 5.62. The van der Waals surface area contributed by atoms with E-state index in [2.05, 4.69) is 10.3 Å². The number of aromatic nitrogens is 1. The standard InChI is InChI=1S/C18H13N3O5S/c22-17(6-5-11-3-1-2-4-13(11)21(23)24)20-18-19-12-9-14-15(10-16(12)27-18)26-8-7-25-14/h1-6,9-10H,7-8H2,(H,19,20,22)/b6-5+. The third kappa shape index (κ3) is 3.58. The number of fused-ring (bicyclic) bond motifs is 2. The number of amides is 1. The number of benzene rings is 2. The van der Waals surface area contributed by atoms with Crippen molar-refractivity contribution in [3.8, 4) is 11.5 Å². The summed E-state index contributed by atoms with van der Waals surface area (Å²) in [6.45, 7) is 0.986. The van der Waals surface area contributed by atoms with Crippen molar-refractivity contribution in [1.29, 1.82) is 0 Å². The SMILES string of the molecule is O=C(/C=C/c1ccccc1[N+](=O)[O-])Nc1nc2cc3c(cc2s1)OCCO3. The van der Waals surface area contributed by atoms with Crippen LogP contribution in [0.3, 0.4) is 0 Å². The molecule has 4 rings (SSSR count). The number of nitrogens with one attached hydrogen (secondary N) is 1. The van der Waals surface area contributed by atoms with E-state index in [9.17, 15) is 14.9 Å². The van der Waals surface area contributed by atoms with Crippen molar-refractivity contribution >= 4 is 44.4 Å². The minimum Gasteiger partial charge on any atom is -0.486 e. The number of carbonyl (C=O) groups is 1. The smallest absolute Gasteiger partial charge is 0.276 e. The first kappa shape index (κ1) is 17.0. The van der Waals surface area contributed by atoms with Crippen molar-refractivity contribution in [2.45, 2.75) is 0 Å². The topological polar surface area (TPSA) is 104 Å². The fourth-order valence-corrected chi connectivity index (χ4v) is 3.50. The highest BCUT2D eigenvalue weighted by Gasteiger charge is 2.16. The molecule has 0 aliphatic carbocycles. The Labute approximate surface area is 157 Å². The molecule has 0 atom stereocenters. The molecule has 1 aromatic heterocycles. The Bertz CT molecular complexity index is 1030. The first-order valence-electron chi connectivity index (χ1n) is 8.03. The van der Waals surface area contributed by atoms with Crippen LogP contribution in [0.25, 0.3) is 16.3 Å². The number of ether oxygens (including phenoxy) is 2. The molecule has 1 amide bonds. The summed E-state index contributed by atoms with van der Waals surface area (Å²) in [7, 11) is 0. The van der Waals surface area contributed by atoms with Crippen molar-refractivity contribution in [2.24, 2.45) is 0 Å². The van der Waals surface area contributed by atoms with Crippen molar-refractivity contribution in [2.75, 3.05) is 18.5 Å². The number of hydrogen-bond donors (Lipinski definition) is 1. The average Bonchev–Trinajstić information content (AvgIpc) is 3.05. The largest absolute Gasteiger partial charge is 0.486 e. The van der Waals surface area contributed by atoms with Gasteiger partial charge in [0.1, 0.15) is 13.2 Å². The molecule has 1 aliphatic heterocycles. The lowest BCUT2D eigenvalue weighted by Crippen LogP contribution is -2.15. The second-order valence-corrected chi connectivity index (χ2v) is 6.65. The van der Waals surface area contributed by atoms with E-state index in [-0.39, 0.29) is 5.69 Å². The summed E-state index contributed by atoms with van der Waals surface area (Å²) in [5, 5.41) is 14.1. The van der Waals surface area contributed by atoms with Crippen LogP contribution in [0.15, 0.2) is 42.5 Å². The lowest BCUT2D eigenvalue weighted by Gasteiger charge is -2.17. The van der Waals surface area contributed by atoms with E-state index in [0.29, 0.717) is 40.9 Å². The summed E-state index contributed by atoms with van der Waals surface area (Å²) in [5.74, 6) is 0.865. The summed E-state index contributed by atoms with van der Waals surface area (Å²) in [6.07, 6.45) is 2.65. The number of thiazole rings is 1. The highest BCUT2D eigenvalue weighted by atomic mass is 32.1. The van der Waals surface area contributed by atoms with Gasteiger partial charge in [-0.25, -0.2) is 4.98 Å². The van der Waals surface area contributed by atoms with Gasteiger partial charge in [-0.2, -0.15) is 0 Å². The van der Waals surface area contributed by atoms with E-state index in [1.54, 1.807) is 24.3 Å². The fraction of sp³-hybridized carbons (Fsp3) is 0.111. The number of nitro benzene ring substituents is 1. The van der Waals surface area contributed by atoms with E-state index < -0.39 is 10.8 Å². The summed E-state index contributed by atoms with van der Waals surface area (Å²) in [4.78, 5) is 27.0. The van der Waals surface area contributed by atoms with Gasteiger partial charge < -0.3 is 9.47 Å². The van der Waals surface area contributed by atoms with E-state index in [1.165, 1.54) is 29.6 Å². The van der Waals surface area contributed by atoms with Gasteiger partial charge in [-0.1, -0.05) is 23.5 Å². The Hall–Kier alpha value is -3.46. The van der Waals surface area contributed by atoms with E-state index in [4.69, 9.17) is 9.47 Å². The first-order chi connectivity index (χ1) is 13.1. The lowest BCUT2D eigenvalue weighted by molar-refractivity contribution is -0.385. The molecule has 0 spiro atoms. The zero-order chi connectivity index (χ0) is 18.8. The predicted octanol–water partition coefficient (Wildman–Crippen LogP) is 3.63. The summed E-state index contributed by atoms with van der Waals surface area (Å²) in [6, 6.07) is 9.81. The Kier molecular flexibility index (Phi) is 4.43. The third-order valence-electron chi connectivity index (χ3n) is 3.83. The van der Waals surface area contributed by atoms with Crippen LogP contribution in [-0.4, -0.2) is 29.0 Å². The van der Waals surface area contributed by atoms with Crippen molar-refractivity contribution in [3.05, 3.63) is 58.2 Å². The molecule has 2 aromatic carbocycles. The van der Waals surface area contributed by atoms with Gasteiger partial charge in [0.15, 0.2) is 16.6 Å². The van der Waals surface area contributed by atoms with Crippen LogP contribution in [-0.2, 0) is 4.79 Å². The van der Waals surface area contributed by atoms with E-state index in [1.807, 2.05) is 6.07 Å². The van der Waals surface area contributed by atoms with Crippen LogP contribution in [0, 0.1) is 10.1 Å². The fourth-order valence-electron chi connectivity index (χ4n) is 2.63. The zero-order valence-electron chi connectivity index (χ0n) is 13.9. The lowest BCUT2D eigenvalue weighted by atomic mass is 10.1. The Morgan fingerprint density at radius 2 is 1.96 bits per heavy atom. The molecule has 0 saturated carbocycles. The second kappa shape index (κ2) is 7.04. The molecule has 1 N–H and O–H groups in total. The maximum absolute atomic E-state index is 12.1. The van der Waals surface area contributed by atoms with E-state index >= 15 is 0 Å². The van der Waals surface area contributed by atoms with Crippen LogP contribution in [0.5, 0.6) is 11.5 Å². The van der Waals surface area contributed by atoms with Gasteiger partial charge in [0.2, 0.25) is 5.91 Å². The number of para-hydroxylation sites is 1. The Morgan fingerprint density at radius 1 is 1.22 bits per heavy atom. The van der Waals surface area contributed by atoms with Crippen molar-refractivity contribution in [3.63, 3.8) is 0 Å². The number of hydrogen-bond acceptors (Lipinski definition) is 7. The van der Waals surface area contributed by atoms with Crippen LogP contribution in [0.2, 0.25) is 0 Å². The molecule has 0 unspecified atom stereocenters. The number of nitro groups is 1. The molecule has 27 heavy (non-hydrogen) atoms. The Morgan fingerprint density at radius 3 is 2.74 bits per heavy atom. The van der Waals surface area contributed by atoms with Gasteiger partial charge >= 0.3 is 0 Å². The summed E-state index contributed by atoms with van der Waals surface area (Å²) < 4.78 is 11.9. The molecule has 9 heteroatoms. The third-order valence-corrected chi connectivity index (χ3v) is 4.76. The molecule has 3 aromatic rings. The maximum Gasteiger partial charge on any atom is 0.276 e. The van der Waals surface area contributed by atoms with Crippen molar-refractivity contribution in [1.82, 2.24) is 4.98 Å². The zero-order valence-corrected chi connectivity index (χ0v) is 14.7. The van der Waals surface area contributed by atoms with Gasteiger partial charge in [-0.3, -0.25) is 20.2 Å². The highest BCUT2D eigenvalue weighted by molar-refractivity contribution is 7.22. The molecule has 1 aliphatic rings. The predicted molar refractivity (Wildman–Crippen MR) is 101 cm³/mol. The molecule has 2 heterocycles. The Balaban J connectivity index is 1.52. The van der Waals surface area contributed by atoms with Crippen LogP contribution in [0.4, 0.5) is 10.8 Å². The molecular weight excluding hydrogens is 370 g/mol. The summed E-state index contributed by atoms with van der Waals surface area (Å²) >= 11 is 1.31. The number of nitrogens with zero attached hydrogens (tertiary/aromatic N) is 2. The number of rotatable bonds is 4. The minimum atomic E-state index is -0.489. The molecular formula is C18H13N3O5S. The maximum atomic E-state index is 12.1. The van der Waals surface area contributed by atoms with Crippen LogP contribution >= 0.6 is 11.3 Å². The van der Waals surface area contributed by atoms with Gasteiger partial charge in [0, 0.05) is 24.3 Å². The normalized spacial score (nSPS) is 13.0. The highest BCUT2D eigenvalue weighted by Crippen LogP contribution is 2.37. The number of carbonyl (C=O) groups excluding carboxylic acids is 1.